The van der Waals surface area contributed by atoms with Gasteiger partial charge in [0.05, 0.1) is 12.5 Å². The molecular formula is C30H20O4. The molecule has 0 saturated carbocycles. The number of hydrogen-bond donors (Lipinski definition) is 0. The van der Waals surface area contributed by atoms with Crippen molar-refractivity contribution in [2.24, 2.45) is 0 Å². The summed E-state index contributed by atoms with van der Waals surface area (Å²) in [5, 5.41) is 2.33. The quantitative estimate of drug-likeness (QED) is 0.246. The first-order valence-electron chi connectivity index (χ1n) is 10.8. The lowest BCUT2D eigenvalue weighted by molar-refractivity contribution is 0.0979. The Hall–Kier alpha value is -4.70. The lowest BCUT2D eigenvalue weighted by atomic mass is 9.84. The van der Waals surface area contributed by atoms with Gasteiger partial charge in [-0.2, -0.15) is 0 Å². The third-order valence-electron chi connectivity index (χ3n) is 5.56. The molecule has 0 fully saturated rings. The van der Waals surface area contributed by atoms with Crippen molar-refractivity contribution in [1.29, 1.82) is 0 Å². The van der Waals surface area contributed by atoms with E-state index in [2.05, 4.69) is 0 Å². The van der Waals surface area contributed by atoms with Gasteiger partial charge in [0.25, 0.3) is 0 Å². The van der Waals surface area contributed by atoms with Gasteiger partial charge in [-0.15, -0.1) is 0 Å². The minimum Gasteiger partial charge on any atom is -0.464 e. The van der Waals surface area contributed by atoms with Gasteiger partial charge >= 0.3 is 0 Å². The Morgan fingerprint density at radius 1 is 0.382 bits per heavy atom. The fourth-order valence-corrected chi connectivity index (χ4v) is 3.86. The number of ketones is 2. The zero-order valence-electron chi connectivity index (χ0n) is 18.2. The summed E-state index contributed by atoms with van der Waals surface area (Å²) in [7, 11) is 0. The lowest BCUT2D eigenvalue weighted by Gasteiger charge is -2.16. The smallest absolute Gasteiger partial charge is 0.194 e. The van der Waals surface area contributed by atoms with Gasteiger partial charge in [-0.1, -0.05) is 84.9 Å². The monoisotopic (exact) mass is 444 g/mol. The fraction of sp³-hybridized carbons (Fsp3) is 0. The predicted molar refractivity (Wildman–Crippen MR) is 132 cm³/mol. The molecule has 164 valence electrons. The summed E-state index contributed by atoms with van der Waals surface area (Å²) < 4.78 is 10.2. The van der Waals surface area contributed by atoms with Crippen LogP contribution >= 0.6 is 0 Å². The molecule has 4 aromatic carbocycles. The maximum Gasteiger partial charge on any atom is 0.194 e. The van der Waals surface area contributed by atoms with Crippen LogP contribution in [0.15, 0.2) is 131 Å². The van der Waals surface area contributed by atoms with Crippen molar-refractivity contribution in [3.8, 4) is 0 Å². The zero-order chi connectivity index (χ0) is 23.3. The molecule has 4 heteroatoms. The first-order chi connectivity index (χ1) is 16.7. The second-order valence-electron chi connectivity index (χ2n) is 7.67. The SMILES string of the molecule is O=C1c2ccccc2C(=O)c2ccccc21.c1ccc2occc2c1.c1ccc2occc2c1. The Kier molecular flexibility index (Phi) is 5.87. The molecule has 0 spiro atoms. The minimum absolute atomic E-state index is 0.0641. The number of benzene rings is 4. The summed E-state index contributed by atoms with van der Waals surface area (Å²) >= 11 is 0. The van der Waals surface area contributed by atoms with Crippen LogP contribution < -0.4 is 0 Å². The highest BCUT2D eigenvalue weighted by Gasteiger charge is 2.28. The van der Waals surface area contributed by atoms with E-state index in [0.717, 1.165) is 21.9 Å². The Balaban J connectivity index is 0.000000114. The summed E-state index contributed by atoms with van der Waals surface area (Å²) in [5.74, 6) is -0.128. The van der Waals surface area contributed by atoms with Gasteiger partial charge in [-0.25, -0.2) is 0 Å². The highest BCUT2D eigenvalue weighted by atomic mass is 16.3. The molecular weight excluding hydrogens is 424 g/mol. The predicted octanol–water partition coefficient (Wildman–Crippen LogP) is 7.33. The lowest BCUT2D eigenvalue weighted by Crippen LogP contribution is -2.20. The van der Waals surface area contributed by atoms with Gasteiger partial charge in [0.2, 0.25) is 0 Å². The minimum atomic E-state index is -0.0641. The summed E-state index contributed by atoms with van der Waals surface area (Å²) in [6.07, 6.45) is 3.40. The molecule has 4 nitrogen and oxygen atoms in total. The summed E-state index contributed by atoms with van der Waals surface area (Å²) in [5.41, 5.74) is 3.94. The van der Waals surface area contributed by atoms with Crippen LogP contribution in [0.2, 0.25) is 0 Å². The van der Waals surface area contributed by atoms with E-state index in [1.165, 1.54) is 0 Å². The number of rotatable bonds is 0. The third-order valence-corrected chi connectivity index (χ3v) is 5.56. The van der Waals surface area contributed by atoms with E-state index in [0.29, 0.717) is 22.3 Å². The van der Waals surface area contributed by atoms with Crippen molar-refractivity contribution >= 4 is 33.5 Å². The van der Waals surface area contributed by atoms with Crippen LogP contribution in [0.4, 0.5) is 0 Å². The van der Waals surface area contributed by atoms with E-state index in [4.69, 9.17) is 8.83 Å². The van der Waals surface area contributed by atoms with E-state index in [-0.39, 0.29) is 11.6 Å². The Bertz CT molecular complexity index is 1370. The van der Waals surface area contributed by atoms with Gasteiger partial charge in [-0.3, -0.25) is 9.59 Å². The van der Waals surface area contributed by atoms with Crippen molar-refractivity contribution in [2.45, 2.75) is 0 Å². The molecule has 0 saturated heterocycles. The van der Waals surface area contributed by atoms with Crippen LogP contribution in [0.1, 0.15) is 31.8 Å². The highest BCUT2D eigenvalue weighted by molar-refractivity contribution is 6.28. The van der Waals surface area contributed by atoms with Crippen molar-refractivity contribution in [3.05, 3.63) is 144 Å². The molecule has 1 aliphatic rings. The van der Waals surface area contributed by atoms with Crippen molar-refractivity contribution in [1.82, 2.24) is 0 Å². The van der Waals surface area contributed by atoms with E-state index in [1.54, 1.807) is 61.1 Å². The average molecular weight is 444 g/mol. The normalized spacial score (nSPS) is 11.6. The first kappa shape index (κ1) is 21.2. The average Bonchev–Trinajstić information content (AvgIpc) is 3.58. The van der Waals surface area contributed by atoms with Crippen molar-refractivity contribution < 1.29 is 18.4 Å². The number of carbonyl (C=O) groups excluding carboxylic acids is 2. The van der Waals surface area contributed by atoms with Gasteiger partial charge in [0.15, 0.2) is 11.6 Å². The number of para-hydroxylation sites is 2. The molecule has 0 atom stereocenters. The summed E-state index contributed by atoms with van der Waals surface area (Å²) in [6.45, 7) is 0. The number of carbonyl (C=O) groups is 2. The van der Waals surface area contributed by atoms with E-state index in [1.807, 2.05) is 60.7 Å². The zero-order valence-corrected chi connectivity index (χ0v) is 18.2. The fourth-order valence-electron chi connectivity index (χ4n) is 3.86. The second-order valence-corrected chi connectivity index (χ2v) is 7.67. The van der Waals surface area contributed by atoms with Crippen LogP contribution in [0, 0.1) is 0 Å². The maximum absolute atomic E-state index is 12.1. The Morgan fingerprint density at radius 2 is 0.706 bits per heavy atom. The number of fused-ring (bicyclic) bond motifs is 4. The first-order valence-corrected chi connectivity index (χ1v) is 10.8. The molecule has 0 aliphatic heterocycles. The van der Waals surface area contributed by atoms with Crippen molar-refractivity contribution in [2.75, 3.05) is 0 Å². The van der Waals surface area contributed by atoms with Crippen LogP contribution in [-0.4, -0.2) is 11.6 Å². The maximum atomic E-state index is 12.1. The number of hydrogen-bond acceptors (Lipinski definition) is 4. The molecule has 2 aromatic heterocycles. The molecule has 0 unspecified atom stereocenters. The van der Waals surface area contributed by atoms with E-state index >= 15 is 0 Å². The summed E-state index contributed by atoms with van der Waals surface area (Å²) in [6, 6.07) is 33.7. The van der Waals surface area contributed by atoms with Gasteiger partial charge in [0, 0.05) is 33.0 Å². The Morgan fingerprint density at radius 3 is 1.06 bits per heavy atom. The van der Waals surface area contributed by atoms with Crippen LogP contribution in [0.25, 0.3) is 21.9 Å². The van der Waals surface area contributed by atoms with Crippen LogP contribution in [0.3, 0.4) is 0 Å². The molecule has 0 bridgehead atoms. The molecule has 6 aromatic rings. The molecule has 0 N–H and O–H groups in total. The molecule has 7 rings (SSSR count). The van der Waals surface area contributed by atoms with Gasteiger partial charge in [-0.05, 0) is 24.3 Å². The van der Waals surface area contributed by atoms with Crippen LogP contribution in [0.5, 0.6) is 0 Å². The largest absolute Gasteiger partial charge is 0.464 e. The molecule has 0 radical (unpaired) electrons. The molecule has 2 heterocycles. The molecule has 0 amide bonds. The van der Waals surface area contributed by atoms with Crippen LogP contribution in [-0.2, 0) is 0 Å². The van der Waals surface area contributed by atoms with Crippen molar-refractivity contribution in [3.63, 3.8) is 0 Å². The van der Waals surface area contributed by atoms with Gasteiger partial charge in [0.1, 0.15) is 11.2 Å². The molecule has 1 aliphatic carbocycles. The topological polar surface area (TPSA) is 60.4 Å². The highest BCUT2D eigenvalue weighted by Crippen LogP contribution is 2.26. The summed E-state index contributed by atoms with van der Waals surface area (Å²) in [4.78, 5) is 24.2. The number of furan rings is 2. The molecule has 34 heavy (non-hydrogen) atoms. The van der Waals surface area contributed by atoms with E-state index in [9.17, 15) is 9.59 Å². The standard InChI is InChI=1S/C14H8O2.2C8H6O/c15-13-9-5-1-2-6-10(9)14(16)12-8-4-3-7-11(12)13;2*1-2-4-8-7(3-1)5-6-9-8/h1-8H;2*1-6H. The third kappa shape index (κ3) is 4.17. The van der Waals surface area contributed by atoms with E-state index < -0.39 is 0 Å². The second kappa shape index (κ2) is 9.43. The Labute approximate surface area is 196 Å². The van der Waals surface area contributed by atoms with Gasteiger partial charge < -0.3 is 8.83 Å².